The minimum atomic E-state index is -0.397. The first kappa shape index (κ1) is 21.7. The van der Waals surface area contributed by atoms with Crippen LogP contribution in [0.4, 0.5) is 10.1 Å². The molecule has 158 valence electrons. The lowest BCUT2D eigenvalue weighted by atomic mass is 10.2. The molecule has 0 spiro atoms. The van der Waals surface area contributed by atoms with Gasteiger partial charge in [-0.2, -0.15) is 0 Å². The molecule has 4 aromatic rings. The zero-order valence-corrected chi connectivity index (χ0v) is 19.1. The van der Waals surface area contributed by atoms with Crippen molar-refractivity contribution < 1.29 is 9.18 Å². The van der Waals surface area contributed by atoms with Gasteiger partial charge in [0.2, 0.25) is 5.91 Å². The minimum Gasteiger partial charge on any atom is -0.325 e. The molecule has 0 aliphatic heterocycles. The second kappa shape index (κ2) is 8.91. The van der Waals surface area contributed by atoms with E-state index in [4.69, 9.17) is 23.8 Å². The van der Waals surface area contributed by atoms with Crippen LogP contribution in [0, 0.1) is 16.7 Å². The van der Waals surface area contributed by atoms with Crippen molar-refractivity contribution in [3.8, 4) is 5.69 Å². The van der Waals surface area contributed by atoms with E-state index in [1.165, 1.54) is 6.07 Å². The Morgan fingerprint density at radius 3 is 2.77 bits per heavy atom. The van der Waals surface area contributed by atoms with Crippen molar-refractivity contribution in [2.24, 2.45) is 0 Å². The molecule has 0 saturated heterocycles. The third-order valence-electron chi connectivity index (χ3n) is 4.30. The number of hydrogen-bond acceptors (Lipinski definition) is 6. The molecule has 6 nitrogen and oxygen atoms in total. The highest BCUT2D eigenvalue weighted by atomic mass is 35.5. The lowest BCUT2D eigenvalue weighted by Gasteiger charge is -2.07. The monoisotopic (exact) mass is 492 g/mol. The van der Waals surface area contributed by atoms with E-state index in [2.05, 4.69) is 15.3 Å². The summed E-state index contributed by atoms with van der Waals surface area (Å²) >= 11 is 13.6. The number of H-pyrrole nitrogens is 1. The Hall–Kier alpha value is -2.53. The van der Waals surface area contributed by atoms with Crippen molar-refractivity contribution in [1.82, 2.24) is 14.5 Å². The fraction of sp³-hybridized carbons (Fsp3) is 0.100. The van der Waals surface area contributed by atoms with E-state index in [-0.39, 0.29) is 22.4 Å². The van der Waals surface area contributed by atoms with E-state index in [1.807, 2.05) is 0 Å². The maximum Gasteiger partial charge on any atom is 0.271 e. The normalized spacial score (nSPS) is 11.1. The number of benzene rings is 2. The third kappa shape index (κ3) is 4.72. The first-order valence-electron chi connectivity index (χ1n) is 8.92. The number of carbonyl (C=O) groups excluding carboxylic acids is 1. The molecular weight excluding hydrogens is 479 g/mol. The van der Waals surface area contributed by atoms with Crippen LogP contribution in [-0.2, 0) is 4.79 Å². The molecule has 0 fully saturated rings. The zero-order valence-electron chi connectivity index (χ0n) is 15.9. The number of aryl methyl sites for hydroxylation is 1. The van der Waals surface area contributed by atoms with Gasteiger partial charge < -0.3 is 10.3 Å². The molecule has 0 unspecified atom stereocenters. The van der Waals surface area contributed by atoms with Crippen LogP contribution in [0.15, 0.2) is 52.4 Å². The van der Waals surface area contributed by atoms with Crippen LogP contribution >= 0.6 is 46.9 Å². The van der Waals surface area contributed by atoms with Crippen molar-refractivity contribution in [3.05, 3.63) is 73.2 Å². The molecule has 1 amide bonds. The van der Waals surface area contributed by atoms with Gasteiger partial charge in [-0.1, -0.05) is 40.8 Å². The van der Waals surface area contributed by atoms with Crippen LogP contribution < -0.4 is 10.9 Å². The Bertz CT molecular complexity index is 1410. The number of carbonyl (C=O) groups is 1. The molecule has 0 aliphatic rings. The minimum absolute atomic E-state index is 0.0181. The molecule has 0 saturated carbocycles. The number of fused-ring (bicyclic) bond motifs is 1. The van der Waals surface area contributed by atoms with Gasteiger partial charge in [0.05, 0.1) is 5.75 Å². The Labute approximate surface area is 194 Å². The largest absolute Gasteiger partial charge is 0.325 e. The number of halogens is 2. The van der Waals surface area contributed by atoms with Crippen LogP contribution in [0.1, 0.15) is 5.56 Å². The van der Waals surface area contributed by atoms with Crippen molar-refractivity contribution >= 4 is 68.9 Å². The summed E-state index contributed by atoms with van der Waals surface area (Å²) in [5.74, 6) is -0.767. The smallest absolute Gasteiger partial charge is 0.271 e. The van der Waals surface area contributed by atoms with Crippen LogP contribution in [0.25, 0.3) is 16.0 Å². The Morgan fingerprint density at radius 2 is 2.06 bits per heavy atom. The summed E-state index contributed by atoms with van der Waals surface area (Å²) in [6.45, 7) is 1.64. The fourth-order valence-electron chi connectivity index (χ4n) is 2.78. The summed E-state index contributed by atoms with van der Waals surface area (Å²) in [5, 5.41) is 3.48. The molecule has 0 radical (unpaired) electrons. The molecule has 11 heteroatoms. The lowest BCUT2D eigenvalue weighted by molar-refractivity contribution is -0.113. The van der Waals surface area contributed by atoms with Crippen molar-refractivity contribution in [3.63, 3.8) is 0 Å². The van der Waals surface area contributed by atoms with Gasteiger partial charge in [-0.3, -0.25) is 14.2 Å². The Balaban J connectivity index is 1.58. The van der Waals surface area contributed by atoms with Gasteiger partial charge in [-0.05, 0) is 61.1 Å². The van der Waals surface area contributed by atoms with Crippen molar-refractivity contribution in [2.45, 2.75) is 12.1 Å². The number of nitrogens with zero attached hydrogens (tertiary/aromatic N) is 2. The van der Waals surface area contributed by atoms with Gasteiger partial charge in [-0.25, -0.2) is 9.37 Å². The van der Waals surface area contributed by atoms with Crippen LogP contribution in [0.2, 0.25) is 5.02 Å². The maximum atomic E-state index is 13.7. The van der Waals surface area contributed by atoms with Gasteiger partial charge in [0.15, 0.2) is 14.8 Å². The molecule has 2 heterocycles. The summed E-state index contributed by atoms with van der Waals surface area (Å²) in [6.07, 6.45) is 0. The van der Waals surface area contributed by atoms with Crippen molar-refractivity contribution in [1.29, 1.82) is 0 Å². The predicted molar refractivity (Wildman–Crippen MR) is 126 cm³/mol. The first-order valence-corrected chi connectivity index (χ1v) is 11.5. The number of hydrogen-bond donors (Lipinski definition) is 2. The van der Waals surface area contributed by atoms with E-state index in [9.17, 15) is 14.0 Å². The quantitative estimate of drug-likeness (QED) is 0.223. The maximum absolute atomic E-state index is 13.7. The summed E-state index contributed by atoms with van der Waals surface area (Å²) < 4.78 is 16.2. The molecule has 31 heavy (non-hydrogen) atoms. The molecular formula is C20H14ClFN4O2S3. The van der Waals surface area contributed by atoms with Gasteiger partial charge in [0.25, 0.3) is 5.56 Å². The van der Waals surface area contributed by atoms with E-state index in [1.54, 1.807) is 47.9 Å². The number of anilines is 1. The molecule has 2 N–H and O–H groups in total. The number of aromatic nitrogens is 3. The molecule has 0 bridgehead atoms. The Kier molecular flexibility index (Phi) is 6.24. The topological polar surface area (TPSA) is 79.8 Å². The zero-order chi connectivity index (χ0) is 22.1. The molecule has 0 atom stereocenters. The predicted octanol–water partition coefficient (Wildman–Crippen LogP) is 5.34. The molecule has 0 aliphatic carbocycles. The lowest BCUT2D eigenvalue weighted by Crippen LogP contribution is -2.15. The van der Waals surface area contributed by atoms with E-state index in [0.29, 0.717) is 30.6 Å². The second-order valence-corrected chi connectivity index (χ2v) is 9.55. The summed E-state index contributed by atoms with van der Waals surface area (Å²) in [7, 11) is 0. The fourth-order valence-corrected chi connectivity index (χ4v) is 4.83. The summed E-state index contributed by atoms with van der Waals surface area (Å²) in [4.78, 5) is 32.0. The standard InChI is InChI=1S/C20H14ClFN4O2S3/c1-10-2-5-12(8-14(10)22)23-15(27)9-30-19-24-17-16(18(28)25-19)31-20(29)26(17)13-6-3-11(21)4-7-13/h2-8H,9H2,1H3,(H,23,27)(H,24,25,28). The van der Waals surface area contributed by atoms with Gasteiger partial charge in [0.1, 0.15) is 10.5 Å². The van der Waals surface area contributed by atoms with Gasteiger partial charge >= 0.3 is 0 Å². The number of nitrogens with one attached hydrogen (secondary N) is 2. The molecule has 2 aromatic heterocycles. The molecule has 4 rings (SSSR count). The highest BCUT2D eigenvalue weighted by molar-refractivity contribution is 7.99. The van der Waals surface area contributed by atoms with E-state index >= 15 is 0 Å². The second-order valence-electron chi connectivity index (χ2n) is 6.50. The van der Waals surface area contributed by atoms with E-state index < -0.39 is 5.82 Å². The number of thiazole rings is 1. The summed E-state index contributed by atoms with van der Waals surface area (Å²) in [5.41, 5.74) is 1.66. The van der Waals surface area contributed by atoms with Gasteiger partial charge in [0, 0.05) is 16.4 Å². The number of rotatable bonds is 5. The average molecular weight is 493 g/mol. The first-order chi connectivity index (χ1) is 14.8. The van der Waals surface area contributed by atoms with Crippen molar-refractivity contribution in [2.75, 3.05) is 11.1 Å². The van der Waals surface area contributed by atoms with Crippen LogP contribution in [-0.4, -0.2) is 26.2 Å². The molecule has 2 aromatic carbocycles. The summed E-state index contributed by atoms with van der Waals surface area (Å²) in [6, 6.07) is 11.5. The van der Waals surface area contributed by atoms with E-state index in [0.717, 1.165) is 28.8 Å². The average Bonchev–Trinajstić information content (AvgIpc) is 3.06. The number of aromatic amines is 1. The Morgan fingerprint density at radius 1 is 1.32 bits per heavy atom. The number of amides is 1. The van der Waals surface area contributed by atoms with Crippen LogP contribution in [0.3, 0.4) is 0 Å². The highest BCUT2D eigenvalue weighted by Gasteiger charge is 2.15. The highest BCUT2D eigenvalue weighted by Crippen LogP contribution is 2.25. The SMILES string of the molecule is Cc1ccc(NC(=O)CSc2nc3c(sc(=S)n3-c3ccc(Cl)cc3)c(=O)[nH]2)cc1F. The van der Waals surface area contributed by atoms with Crippen LogP contribution in [0.5, 0.6) is 0 Å². The third-order valence-corrected chi connectivity index (χ3v) is 6.79. The number of thioether (sulfide) groups is 1. The van der Waals surface area contributed by atoms with Gasteiger partial charge in [-0.15, -0.1) is 0 Å².